The highest BCUT2D eigenvalue weighted by molar-refractivity contribution is 7.94. The second kappa shape index (κ2) is 10.9. The van der Waals surface area contributed by atoms with Gasteiger partial charge in [-0.2, -0.15) is 0 Å². The molecule has 126 valence electrons. The van der Waals surface area contributed by atoms with Crippen LogP contribution in [0.2, 0.25) is 0 Å². The van der Waals surface area contributed by atoms with Crippen molar-refractivity contribution < 1.29 is 4.18 Å². The molecule has 0 atom stereocenters. The molecule has 0 saturated heterocycles. The quantitative estimate of drug-likeness (QED) is 0.401. The molecule has 0 saturated carbocycles. The van der Waals surface area contributed by atoms with Crippen molar-refractivity contribution in [3.05, 3.63) is 41.5 Å². The Balaban J connectivity index is 0.000000980. The van der Waals surface area contributed by atoms with Crippen LogP contribution in [0, 0.1) is 0 Å². The van der Waals surface area contributed by atoms with E-state index in [0.717, 1.165) is 6.42 Å². The zero-order chi connectivity index (χ0) is 17.3. The van der Waals surface area contributed by atoms with Crippen LogP contribution >= 0.6 is 12.0 Å². The average molecular weight is 323 g/mol. The molecule has 0 aromatic heterocycles. The van der Waals surface area contributed by atoms with Crippen LogP contribution in [-0.2, 0) is 4.18 Å². The van der Waals surface area contributed by atoms with Crippen LogP contribution < -0.4 is 0 Å². The third-order valence-electron chi connectivity index (χ3n) is 3.53. The normalized spacial score (nSPS) is 10.9. The first-order valence-corrected chi connectivity index (χ1v) is 9.03. The van der Waals surface area contributed by atoms with Gasteiger partial charge in [-0.25, -0.2) is 0 Å². The fourth-order valence-electron chi connectivity index (χ4n) is 2.07. The summed E-state index contributed by atoms with van der Waals surface area (Å²) < 4.78 is 5.33. The molecule has 1 aromatic carbocycles. The van der Waals surface area contributed by atoms with E-state index in [1.54, 1.807) is 7.11 Å². The molecule has 1 aromatic rings. The SMILES string of the molecule is C=CCC.COSc1c(C(C)C)cc(C(C)C)cc1C(C)C. The predicted octanol–water partition coefficient (Wildman–Crippen LogP) is 7.29. The van der Waals surface area contributed by atoms with Crippen LogP contribution in [-0.4, -0.2) is 7.11 Å². The van der Waals surface area contributed by atoms with Gasteiger partial charge in [0.1, 0.15) is 0 Å². The van der Waals surface area contributed by atoms with Crippen LogP contribution in [0.3, 0.4) is 0 Å². The third-order valence-corrected chi connectivity index (χ3v) is 4.34. The summed E-state index contributed by atoms with van der Waals surface area (Å²) in [5.74, 6) is 1.62. The van der Waals surface area contributed by atoms with E-state index in [1.807, 2.05) is 6.08 Å². The molecule has 0 aliphatic rings. The Labute approximate surface area is 142 Å². The largest absolute Gasteiger partial charge is 0.314 e. The monoisotopic (exact) mass is 322 g/mol. The maximum Gasteiger partial charge on any atom is 0.0508 e. The number of hydrogen-bond acceptors (Lipinski definition) is 2. The van der Waals surface area contributed by atoms with Gasteiger partial charge in [-0.05, 0) is 40.9 Å². The number of benzene rings is 1. The van der Waals surface area contributed by atoms with E-state index in [0.29, 0.717) is 17.8 Å². The summed E-state index contributed by atoms with van der Waals surface area (Å²) in [5.41, 5.74) is 4.26. The lowest BCUT2D eigenvalue weighted by atomic mass is 9.89. The Morgan fingerprint density at radius 3 is 1.64 bits per heavy atom. The van der Waals surface area contributed by atoms with Gasteiger partial charge in [0.15, 0.2) is 0 Å². The van der Waals surface area contributed by atoms with Crippen molar-refractivity contribution in [1.82, 2.24) is 0 Å². The molecule has 0 aliphatic carbocycles. The van der Waals surface area contributed by atoms with Gasteiger partial charge in [-0.15, -0.1) is 6.58 Å². The summed E-state index contributed by atoms with van der Waals surface area (Å²) in [6, 6.07) is 4.70. The molecular weight excluding hydrogens is 288 g/mol. The minimum atomic E-state index is 0.527. The highest BCUT2D eigenvalue weighted by atomic mass is 32.2. The van der Waals surface area contributed by atoms with Gasteiger partial charge in [0, 0.05) is 16.9 Å². The summed E-state index contributed by atoms with van der Waals surface area (Å²) in [5, 5.41) is 0. The fourth-order valence-corrected chi connectivity index (χ4v) is 3.02. The van der Waals surface area contributed by atoms with Crippen molar-refractivity contribution in [1.29, 1.82) is 0 Å². The molecule has 0 heterocycles. The standard InChI is InChI=1S/C16H26OS.C4H8/c1-10(2)13-8-14(11(3)4)16(18-17-7)15(9-13)12(5)6;1-3-4-2/h8-12H,1-7H3;3H,1,4H2,2H3. The molecule has 2 heteroatoms. The second-order valence-corrected chi connectivity index (χ2v) is 7.35. The van der Waals surface area contributed by atoms with Crippen LogP contribution in [0.5, 0.6) is 0 Å². The van der Waals surface area contributed by atoms with E-state index < -0.39 is 0 Å². The summed E-state index contributed by atoms with van der Waals surface area (Å²) in [7, 11) is 1.75. The Morgan fingerprint density at radius 1 is 1.00 bits per heavy atom. The molecule has 0 fully saturated rings. The van der Waals surface area contributed by atoms with Crippen LogP contribution in [0.25, 0.3) is 0 Å². The predicted molar refractivity (Wildman–Crippen MR) is 102 cm³/mol. The molecular formula is C20H34OS. The lowest BCUT2D eigenvalue weighted by Crippen LogP contribution is -2.02. The molecule has 0 bridgehead atoms. The molecule has 0 N–H and O–H groups in total. The number of hydrogen-bond donors (Lipinski definition) is 0. The molecule has 0 spiro atoms. The second-order valence-electron chi connectivity index (χ2n) is 6.44. The van der Waals surface area contributed by atoms with Crippen molar-refractivity contribution in [3.63, 3.8) is 0 Å². The van der Waals surface area contributed by atoms with Crippen LogP contribution in [0.4, 0.5) is 0 Å². The maximum atomic E-state index is 5.33. The van der Waals surface area contributed by atoms with Gasteiger partial charge in [0.2, 0.25) is 0 Å². The summed E-state index contributed by atoms with van der Waals surface area (Å²) in [4.78, 5) is 1.31. The molecule has 0 radical (unpaired) electrons. The van der Waals surface area contributed by atoms with E-state index in [4.69, 9.17) is 4.18 Å². The van der Waals surface area contributed by atoms with Crippen molar-refractivity contribution in [2.75, 3.05) is 7.11 Å². The molecule has 1 nitrogen and oxygen atoms in total. The van der Waals surface area contributed by atoms with Crippen molar-refractivity contribution in [2.45, 2.75) is 77.5 Å². The molecule has 1 rings (SSSR count). The van der Waals surface area contributed by atoms with E-state index in [9.17, 15) is 0 Å². The molecule has 0 unspecified atom stereocenters. The van der Waals surface area contributed by atoms with E-state index in [2.05, 4.69) is 67.2 Å². The number of rotatable bonds is 6. The highest BCUT2D eigenvalue weighted by Gasteiger charge is 2.17. The lowest BCUT2D eigenvalue weighted by Gasteiger charge is -2.21. The first-order valence-electron chi connectivity index (χ1n) is 8.29. The fraction of sp³-hybridized carbons (Fsp3) is 0.600. The summed E-state index contributed by atoms with van der Waals surface area (Å²) >= 11 is 1.51. The molecule has 0 amide bonds. The van der Waals surface area contributed by atoms with Crippen LogP contribution in [0.1, 0.15) is 89.3 Å². The first kappa shape index (κ1) is 21.3. The Kier molecular flexibility index (Phi) is 10.5. The Bertz CT molecular complexity index is 418. The van der Waals surface area contributed by atoms with Gasteiger partial charge in [0.25, 0.3) is 0 Å². The van der Waals surface area contributed by atoms with Gasteiger partial charge >= 0.3 is 0 Å². The molecule has 22 heavy (non-hydrogen) atoms. The van der Waals surface area contributed by atoms with E-state index in [-0.39, 0.29) is 0 Å². The van der Waals surface area contributed by atoms with E-state index in [1.165, 1.54) is 33.6 Å². The number of allylic oxidation sites excluding steroid dienone is 1. The maximum absolute atomic E-state index is 5.33. The van der Waals surface area contributed by atoms with Crippen LogP contribution in [0.15, 0.2) is 29.7 Å². The summed E-state index contributed by atoms with van der Waals surface area (Å²) in [6.07, 6.45) is 2.96. The minimum absolute atomic E-state index is 0.527. The Morgan fingerprint density at radius 2 is 1.41 bits per heavy atom. The van der Waals surface area contributed by atoms with Crippen molar-refractivity contribution >= 4 is 12.0 Å². The smallest absolute Gasteiger partial charge is 0.0508 e. The third kappa shape index (κ3) is 6.58. The van der Waals surface area contributed by atoms with Gasteiger partial charge in [-0.3, -0.25) is 0 Å². The average Bonchev–Trinajstić information content (AvgIpc) is 2.47. The first-order chi connectivity index (χ1) is 10.3. The topological polar surface area (TPSA) is 9.23 Å². The Hall–Kier alpha value is -0.730. The van der Waals surface area contributed by atoms with E-state index >= 15 is 0 Å². The minimum Gasteiger partial charge on any atom is -0.314 e. The van der Waals surface area contributed by atoms with Gasteiger partial charge < -0.3 is 4.18 Å². The van der Waals surface area contributed by atoms with Gasteiger partial charge in [0.05, 0.1) is 7.11 Å². The van der Waals surface area contributed by atoms with Crippen molar-refractivity contribution in [3.8, 4) is 0 Å². The molecule has 0 aliphatic heterocycles. The summed E-state index contributed by atoms with van der Waals surface area (Å²) in [6.45, 7) is 19.1. The zero-order valence-electron chi connectivity index (χ0n) is 15.7. The van der Waals surface area contributed by atoms with Gasteiger partial charge in [-0.1, -0.05) is 66.7 Å². The zero-order valence-corrected chi connectivity index (χ0v) is 16.5. The highest BCUT2D eigenvalue weighted by Crippen LogP contribution is 2.38. The van der Waals surface area contributed by atoms with Crippen molar-refractivity contribution in [2.24, 2.45) is 0 Å². The lowest BCUT2D eigenvalue weighted by molar-refractivity contribution is 0.488.